The Morgan fingerprint density at radius 3 is 2.74 bits per heavy atom. The van der Waals surface area contributed by atoms with Crippen LogP contribution in [0.3, 0.4) is 0 Å². The Bertz CT molecular complexity index is 607. The third kappa shape index (κ3) is 3.29. The predicted octanol–water partition coefficient (Wildman–Crippen LogP) is 3.22. The van der Waals surface area contributed by atoms with Gasteiger partial charge in [0.15, 0.2) is 6.04 Å². The third-order valence-corrected chi connectivity index (χ3v) is 2.91. The molecule has 0 aliphatic carbocycles. The summed E-state index contributed by atoms with van der Waals surface area (Å²) in [4.78, 5) is 15.2. The summed E-state index contributed by atoms with van der Waals surface area (Å²) < 4.78 is 14.2. The maximum absolute atomic E-state index is 13.5. The van der Waals surface area contributed by atoms with Crippen LogP contribution in [0.5, 0.6) is 0 Å². The van der Waals surface area contributed by atoms with Crippen molar-refractivity contribution in [3.63, 3.8) is 0 Å². The highest BCUT2D eigenvalue weighted by molar-refractivity contribution is 9.10. The Morgan fingerprint density at radius 1 is 1.37 bits per heavy atom. The van der Waals surface area contributed by atoms with E-state index < -0.39 is 17.8 Å². The first-order chi connectivity index (χ1) is 9.08. The zero-order valence-corrected chi connectivity index (χ0v) is 11.3. The molecule has 1 aromatic carbocycles. The van der Waals surface area contributed by atoms with Crippen molar-refractivity contribution in [2.24, 2.45) is 0 Å². The number of aliphatic carboxylic acids is 1. The van der Waals surface area contributed by atoms with Gasteiger partial charge in [-0.15, -0.1) is 0 Å². The lowest BCUT2D eigenvalue weighted by Gasteiger charge is -2.16. The molecule has 2 N–H and O–H groups in total. The maximum Gasteiger partial charge on any atom is 0.330 e. The molecular weight excluding hydrogens is 315 g/mol. The molecule has 0 aliphatic heterocycles. The summed E-state index contributed by atoms with van der Waals surface area (Å²) in [5.41, 5.74) is 0.569. The second-order valence-corrected chi connectivity index (χ2v) is 4.75. The standard InChI is InChI=1S/C13H10BrFN2O2/c14-9-5-8(6-16-7-9)12(13(18)19)17-11-4-2-1-3-10(11)15/h1-7,12,17H,(H,18,19). The van der Waals surface area contributed by atoms with Gasteiger partial charge in [0.2, 0.25) is 0 Å². The van der Waals surface area contributed by atoms with Crippen molar-refractivity contribution in [3.05, 3.63) is 58.6 Å². The van der Waals surface area contributed by atoms with E-state index in [9.17, 15) is 14.3 Å². The van der Waals surface area contributed by atoms with Crippen LogP contribution in [0.1, 0.15) is 11.6 Å². The molecule has 0 radical (unpaired) electrons. The van der Waals surface area contributed by atoms with Crippen LogP contribution in [-0.4, -0.2) is 16.1 Å². The van der Waals surface area contributed by atoms with Crippen molar-refractivity contribution in [3.8, 4) is 0 Å². The molecule has 6 heteroatoms. The van der Waals surface area contributed by atoms with Gasteiger partial charge < -0.3 is 10.4 Å². The Labute approximate surface area is 117 Å². The number of aromatic nitrogens is 1. The van der Waals surface area contributed by atoms with Crippen LogP contribution in [0.15, 0.2) is 47.2 Å². The largest absolute Gasteiger partial charge is 0.479 e. The molecule has 19 heavy (non-hydrogen) atoms. The smallest absolute Gasteiger partial charge is 0.330 e. The molecule has 98 valence electrons. The fourth-order valence-corrected chi connectivity index (χ4v) is 1.99. The van der Waals surface area contributed by atoms with Crippen molar-refractivity contribution in [1.29, 1.82) is 0 Å². The number of carboxylic acids is 1. The number of nitrogens with one attached hydrogen (secondary N) is 1. The van der Waals surface area contributed by atoms with Gasteiger partial charge in [-0.2, -0.15) is 0 Å². The molecule has 1 aromatic heterocycles. The fraction of sp³-hybridized carbons (Fsp3) is 0.0769. The number of nitrogens with zero attached hydrogens (tertiary/aromatic N) is 1. The van der Waals surface area contributed by atoms with Crippen molar-refractivity contribution in [2.75, 3.05) is 5.32 Å². The van der Waals surface area contributed by atoms with Crippen molar-refractivity contribution in [2.45, 2.75) is 6.04 Å². The first-order valence-corrected chi connectivity index (χ1v) is 6.21. The van der Waals surface area contributed by atoms with Crippen LogP contribution in [0.25, 0.3) is 0 Å². The molecule has 0 aliphatic rings. The maximum atomic E-state index is 13.5. The minimum atomic E-state index is -1.11. The number of hydrogen-bond donors (Lipinski definition) is 2. The molecule has 0 fully saturated rings. The van der Waals surface area contributed by atoms with Gasteiger partial charge in [-0.3, -0.25) is 4.98 Å². The van der Waals surface area contributed by atoms with E-state index in [-0.39, 0.29) is 5.69 Å². The van der Waals surface area contributed by atoms with Gasteiger partial charge in [-0.25, -0.2) is 9.18 Å². The first-order valence-electron chi connectivity index (χ1n) is 5.42. The number of pyridine rings is 1. The number of para-hydroxylation sites is 1. The fourth-order valence-electron chi connectivity index (χ4n) is 1.61. The van der Waals surface area contributed by atoms with Gasteiger partial charge in [0.1, 0.15) is 5.82 Å². The Kier molecular flexibility index (Phi) is 4.11. The molecule has 0 saturated carbocycles. The van der Waals surface area contributed by atoms with Crippen LogP contribution in [0, 0.1) is 5.82 Å². The van der Waals surface area contributed by atoms with Gasteiger partial charge in [0, 0.05) is 22.4 Å². The van der Waals surface area contributed by atoms with E-state index in [2.05, 4.69) is 26.2 Å². The van der Waals surface area contributed by atoms with Crippen molar-refractivity contribution in [1.82, 2.24) is 4.98 Å². The average molecular weight is 325 g/mol. The average Bonchev–Trinajstić information content (AvgIpc) is 2.37. The Morgan fingerprint density at radius 2 is 2.11 bits per heavy atom. The highest BCUT2D eigenvalue weighted by atomic mass is 79.9. The molecule has 0 saturated heterocycles. The number of rotatable bonds is 4. The van der Waals surface area contributed by atoms with E-state index in [1.54, 1.807) is 18.3 Å². The lowest BCUT2D eigenvalue weighted by Crippen LogP contribution is -2.21. The molecule has 1 unspecified atom stereocenters. The molecule has 4 nitrogen and oxygen atoms in total. The topological polar surface area (TPSA) is 62.2 Å². The lowest BCUT2D eigenvalue weighted by atomic mass is 10.1. The van der Waals surface area contributed by atoms with Gasteiger partial charge >= 0.3 is 5.97 Å². The number of anilines is 1. The number of benzene rings is 1. The summed E-state index contributed by atoms with van der Waals surface area (Å²) in [6.07, 6.45) is 2.98. The second kappa shape index (κ2) is 5.79. The van der Waals surface area contributed by atoms with Gasteiger partial charge in [0.05, 0.1) is 5.69 Å². The first kappa shape index (κ1) is 13.5. The highest BCUT2D eigenvalue weighted by Gasteiger charge is 2.21. The number of halogens is 2. The van der Waals surface area contributed by atoms with E-state index in [4.69, 9.17) is 0 Å². The molecule has 0 amide bonds. The number of hydrogen-bond acceptors (Lipinski definition) is 3. The SMILES string of the molecule is O=C(O)C(Nc1ccccc1F)c1cncc(Br)c1. The normalized spacial score (nSPS) is 11.9. The zero-order valence-electron chi connectivity index (χ0n) is 9.68. The Balaban J connectivity index is 2.32. The highest BCUT2D eigenvalue weighted by Crippen LogP contribution is 2.23. The number of carbonyl (C=O) groups is 1. The lowest BCUT2D eigenvalue weighted by molar-refractivity contribution is -0.138. The molecule has 0 bridgehead atoms. The summed E-state index contributed by atoms with van der Waals surface area (Å²) in [6, 6.07) is 6.47. The van der Waals surface area contributed by atoms with E-state index in [0.717, 1.165) is 0 Å². The minimum absolute atomic E-state index is 0.134. The minimum Gasteiger partial charge on any atom is -0.479 e. The Hall–Kier alpha value is -1.95. The quantitative estimate of drug-likeness (QED) is 0.906. The zero-order chi connectivity index (χ0) is 13.8. The molecule has 1 atom stereocenters. The van der Waals surface area contributed by atoms with Gasteiger partial charge in [-0.05, 0) is 34.1 Å². The molecule has 2 rings (SSSR count). The molecular formula is C13H10BrFN2O2. The van der Waals surface area contributed by atoms with Gasteiger partial charge in [-0.1, -0.05) is 12.1 Å². The predicted molar refractivity (Wildman–Crippen MR) is 72.3 cm³/mol. The van der Waals surface area contributed by atoms with Crippen LogP contribution in [0.4, 0.5) is 10.1 Å². The van der Waals surface area contributed by atoms with E-state index in [1.807, 2.05) is 0 Å². The molecule has 1 heterocycles. The summed E-state index contributed by atoms with van der Waals surface area (Å²) in [5.74, 6) is -1.61. The summed E-state index contributed by atoms with van der Waals surface area (Å²) in [6.45, 7) is 0. The second-order valence-electron chi connectivity index (χ2n) is 3.83. The van der Waals surface area contributed by atoms with Crippen LogP contribution in [0.2, 0.25) is 0 Å². The van der Waals surface area contributed by atoms with E-state index in [0.29, 0.717) is 10.0 Å². The monoisotopic (exact) mass is 324 g/mol. The number of carboxylic acid groups (broad SMARTS) is 1. The van der Waals surface area contributed by atoms with E-state index >= 15 is 0 Å². The van der Waals surface area contributed by atoms with Crippen molar-refractivity contribution < 1.29 is 14.3 Å². The van der Waals surface area contributed by atoms with Crippen LogP contribution < -0.4 is 5.32 Å². The van der Waals surface area contributed by atoms with Crippen molar-refractivity contribution >= 4 is 27.6 Å². The third-order valence-electron chi connectivity index (χ3n) is 2.48. The molecule has 0 spiro atoms. The van der Waals surface area contributed by atoms with E-state index in [1.165, 1.54) is 24.4 Å². The molecule has 2 aromatic rings. The van der Waals surface area contributed by atoms with Crippen LogP contribution in [-0.2, 0) is 4.79 Å². The summed E-state index contributed by atoms with van der Waals surface area (Å²) in [5, 5.41) is 11.9. The van der Waals surface area contributed by atoms with Crippen LogP contribution >= 0.6 is 15.9 Å². The summed E-state index contributed by atoms with van der Waals surface area (Å²) >= 11 is 3.22. The summed E-state index contributed by atoms with van der Waals surface area (Å²) in [7, 11) is 0. The van der Waals surface area contributed by atoms with Gasteiger partial charge in [0.25, 0.3) is 0 Å².